The number of alkyl carbamates (subject to hydrolysis) is 1. The second-order valence-corrected chi connectivity index (χ2v) is 9.10. The molecule has 11 heteroatoms. The summed E-state index contributed by atoms with van der Waals surface area (Å²) in [5, 5.41) is 13.0. The van der Waals surface area contributed by atoms with Gasteiger partial charge >= 0.3 is 6.09 Å². The zero-order valence-electron chi connectivity index (χ0n) is 16.1. The van der Waals surface area contributed by atoms with Crippen molar-refractivity contribution in [3.05, 3.63) is 35.5 Å². The Labute approximate surface area is 168 Å². The van der Waals surface area contributed by atoms with Gasteiger partial charge < -0.3 is 20.1 Å². The van der Waals surface area contributed by atoms with Gasteiger partial charge in [-0.3, -0.25) is 5.10 Å². The van der Waals surface area contributed by atoms with Crippen molar-refractivity contribution in [3.8, 4) is 0 Å². The number of hydrogen-bond donors (Lipinski definition) is 4. The number of aromatic nitrogens is 2. The summed E-state index contributed by atoms with van der Waals surface area (Å²) in [6.07, 6.45) is -0.474. The Kier molecular flexibility index (Phi) is 5.19. The van der Waals surface area contributed by atoms with Gasteiger partial charge in [-0.1, -0.05) is 0 Å². The molecule has 2 aliphatic heterocycles. The number of carbonyl (C=O) groups excluding carboxylic acids is 1. The predicted octanol–water partition coefficient (Wildman–Crippen LogP) is 1.91. The standard InChI is InChI=1S/C18H23N5O5S/c1-10(2)20-18(24)28-13-6-15(27-9-13)14-7-17(23-22-14)21-12-3-4-16-11(5-12)8-19-29(16,25)26/h3-5,7,10,13,15,19H,6,8-9H2,1-2H3,(H,20,24)(H2,21,22,23)/t13-,15?/m1/s1. The monoisotopic (exact) mass is 421 g/mol. The largest absolute Gasteiger partial charge is 0.444 e. The number of ether oxygens (including phenoxy) is 2. The third-order valence-electron chi connectivity index (χ3n) is 4.66. The number of fused-ring (bicyclic) bond motifs is 1. The molecule has 0 spiro atoms. The van der Waals surface area contributed by atoms with Gasteiger partial charge in [-0.05, 0) is 37.6 Å². The van der Waals surface area contributed by atoms with E-state index in [0.717, 1.165) is 11.4 Å². The van der Waals surface area contributed by atoms with E-state index in [1.54, 1.807) is 18.2 Å². The minimum absolute atomic E-state index is 0.0111. The summed E-state index contributed by atoms with van der Waals surface area (Å²) >= 11 is 0. The first-order valence-corrected chi connectivity index (χ1v) is 10.8. The number of benzene rings is 1. The van der Waals surface area contributed by atoms with Crippen molar-refractivity contribution in [3.63, 3.8) is 0 Å². The van der Waals surface area contributed by atoms with Crippen LogP contribution in [0.3, 0.4) is 0 Å². The molecule has 1 saturated heterocycles. The van der Waals surface area contributed by atoms with Crippen molar-refractivity contribution in [1.82, 2.24) is 20.2 Å². The summed E-state index contributed by atoms with van der Waals surface area (Å²) in [4.78, 5) is 12.0. The van der Waals surface area contributed by atoms with Crippen LogP contribution in [0.2, 0.25) is 0 Å². The van der Waals surface area contributed by atoms with E-state index in [1.165, 1.54) is 0 Å². The van der Waals surface area contributed by atoms with E-state index in [-0.39, 0.29) is 24.8 Å². The minimum Gasteiger partial charge on any atom is -0.444 e. The number of nitrogens with zero attached hydrogens (tertiary/aromatic N) is 1. The fraction of sp³-hybridized carbons (Fsp3) is 0.444. The summed E-state index contributed by atoms with van der Waals surface area (Å²) in [6, 6.07) is 6.89. The summed E-state index contributed by atoms with van der Waals surface area (Å²) in [5.41, 5.74) is 2.22. The van der Waals surface area contributed by atoms with Crippen LogP contribution in [0.5, 0.6) is 0 Å². The third-order valence-corrected chi connectivity index (χ3v) is 6.16. The maximum absolute atomic E-state index is 11.8. The van der Waals surface area contributed by atoms with Crippen molar-refractivity contribution in [1.29, 1.82) is 0 Å². The van der Waals surface area contributed by atoms with Crippen LogP contribution in [-0.2, 0) is 26.0 Å². The first kappa shape index (κ1) is 19.7. The molecule has 0 bridgehead atoms. The average molecular weight is 421 g/mol. The Balaban J connectivity index is 1.37. The van der Waals surface area contributed by atoms with Gasteiger partial charge in [0.2, 0.25) is 10.0 Å². The number of amides is 1. The second-order valence-electron chi connectivity index (χ2n) is 7.36. The predicted molar refractivity (Wildman–Crippen MR) is 104 cm³/mol. The van der Waals surface area contributed by atoms with Crippen LogP contribution in [0.1, 0.15) is 37.6 Å². The van der Waals surface area contributed by atoms with Gasteiger partial charge in [0.15, 0.2) is 5.82 Å². The molecular weight excluding hydrogens is 398 g/mol. The van der Waals surface area contributed by atoms with Gasteiger partial charge in [0.05, 0.1) is 17.2 Å². The van der Waals surface area contributed by atoms with Gasteiger partial charge in [-0.2, -0.15) is 5.10 Å². The van der Waals surface area contributed by atoms with Crippen molar-refractivity contribution in [2.75, 3.05) is 11.9 Å². The van der Waals surface area contributed by atoms with E-state index in [2.05, 4.69) is 25.6 Å². The fourth-order valence-electron chi connectivity index (χ4n) is 3.34. The summed E-state index contributed by atoms with van der Waals surface area (Å²) in [6.45, 7) is 4.33. The first-order chi connectivity index (χ1) is 13.8. The van der Waals surface area contributed by atoms with E-state index in [4.69, 9.17) is 9.47 Å². The fourth-order valence-corrected chi connectivity index (χ4v) is 4.56. The molecule has 10 nitrogen and oxygen atoms in total. The average Bonchev–Trinajstić information content (AvgIpc) is 3.34. The Bertz CT molecular complexity index is 1020. The number of H-pyrrole nitrogens is 1. The molecule has 1 aromatic heterocycles. The minimum atomic E-state index is -3.38. The van der Waals surface area contributed by atoms with E-state index in [1.807, 2.05) is 19.9 Å². The maximum Gasteiger partial charge on any atom is 0.407 e. The lowest BCUT2D eigenvalue weighted by Gasteiger charge is -2.13. The van der Waals surface area contributed by atoms with Crippen molar-refractivity contribution < 1.29 is 22.7 Å². The van der Waals surface area contributed by atoms with Crippen LogP contribution in [0.4, 0.5) is 16.3 Å². The lowest BCUT2D eigenvalue weighted by molar-refractivity contribution is 0.0682. The number of aromatic amines is 1. The molecule has 156 valence electrons. The topological polar surface area (TPSA) is 134 Å². The Hall–Kier alpha value is -2.63. The Morgan fingerprint density at radius 3 is 2.97 bits per heavy atom. The molecule has 2 aliphatic rings. The zero-order chi connectivity index (χ0) is 20.6. The van der Waals surface area contributed by atoms with Crippen molar-refractivity contribution in [2.45, 2.75) is 50.0 Å². The van der Waals surface area contributed by atoms with Gasteiger partial charge in [0.25, 0.3) is 0 Å². The highest BCUT2D eigenvalue weighted by Crippen LogP contribution is 2.31. The Morgan fingerprint density at radius 1 is 1.34 bits per heavy atom. The molecule has 1 aromatic carbocycles. The number of carbonyl (C=O) groups is 1. The quantitative estimate of drug-likeness (QED) is 0.579. The van der Waals surface area contributed by atoms with E-state index in [0.29, 0.717) is 29.3 Å². The molecule has 2 aromatic rings. The van der Waals surface area contributed by atoms with Gasteiger partial charge in [0, 0.05) is 30.8 Å². The van der Waals surface area contributed by atoms with Crippen molar-refractivity contribution in [2.24, 2.45) is 0 Å². The lowest BCUT2D eigenvalue weighted by Crippen LogP contribution is -2.33. The zero-order valence-corrected chi connectivity index (χ0v) is 16.9. The molecule has 3 heterocycles. The summed E-state index contributed by atoms with van der Waals surface area (Å²) < 4.78 is 37.2. The number of nitrogens with one attached hydrogen (secondary N) is 4. The van der Waals surface area contributed by atoms with E-state index < -0.39 is 16.1 Å². The first-order valence-electron chi connectivity index (χ1n) is 9.34. The van der Waals surface area contributed by atoms with Crippen LogP contribution < -0.4 is 15.4 Å². The maximum atomic E-state index is 11.8. The van der Waals surface area contributed by atoms with Crippen LogP contribution >= 0.6 is 0 Å². The van der Waals surface area contributed by atoms with E-state index in [9.17, 15) is 13.2 Å². The normalized spacial score (nSPS) is 22.4. The SMILES string of the molecule is CC(C)NC(=O)O[C@H]1COC(c2cc(Nc3ccc4c(c3)CNS4(=O)=O)n[nH]2)C1. The van der Waals surface area contributed by atoms with Crippen molar-refractivity contribution >= 4 is 27.6 Å². The molecule has 0 saturated carbocycles. The number of hydrogen-bond acceptors (Lipinski definition) is 7. The summed E-state index contributed by atoms with van der Waals surface area (Å²) in [7, 11) is -3.38. The van der Waals surface area contributed by atoms with Gasteiger partial charge in [-0.25, -0.2) is 17.9 Å². The lowest BCUT2D eigenvalue weighted by atomic mass is 10.1. The highest BCUT2D eigenvalue weighted by molar-refractivity contribution is 7.89. The molecule has 1 fully saturated rings. The number of anilines is 2. The smallest absolute Gasteiger partial charge is 0.407 e. The third kappa shape index (κ3) is 4.36. The molecule has 4 N–H and O–H groups in total. The van der Waals surface area contributed by atoms with Gasteiger partial charge in [0.1, 0.15) is 12.2 Å². The molecule has 0 aliphatic carbocycles. The molecular formula is C18H23N5O5S. The number of sulfonamides is 1. The molecule has 2 atom stereocenters. The molecule has 4 rings (SSSR count). The number of rotatable bonds is 5. The van der Waals surface area contributed by atoms with Crippen LogP contribution in [0.15, 0.2) is 29.2 Å². The molecule has 1 amide bonds. The summed E-state index contributed by atoms with van der Waals surface area (Å²) in [5.74, 6) is 0.583. The Morgan fingerprint density at radius 2 is 2.17 bits per heavy atom. The van der Waals surface area contributed by atoms with Crippen LogP contribution in [0, 0.1) is 0 Å². The molecule has 29 heavy (non-hydrogen) atoms. The van der Waals surface area contributed by atoms with Crippen LogP contribution in [0.25, 0.3) is 0 Å². The highest BCUT2D eigenvalue weighted by atomic mass is 32.2. The second kappa shape index (κ2) is 7.65. The van der Waals surface area contributed by atoms with Gasteiger partial charge in [-0.15, -0.1) is 0 Å². The molecule has 1 unspecified atom stereocenters. The van der Waals surface area contributed by atoms with Crippen LogP contribution in [-0.4, -0.2) is 43.5 Å². The molecule has 0 radical (unpaired) electrons. The van der Waals surface area contributed by atoms with E-state index >= 15 is 0 Å². The highest BCUT2D eigenvalue weighted by Gasteiger charge is 2.31.